The van der Waals surface area contributed by atoms with Crippen LogP contribution in [-0.2, 0) is 0 Å². The number of likely N-dealkylation sites (tertiary alicyclic amines) is 1. The van der Waals surface area contributed by atoms with Crippen LogP contribution in [-0.4, -0.2) is 36.3 Å². The summed E-state index contributed by atoms with van der Waals surface area (Å²) in [5, 5.41) is 3.51. The van der Waals surface area contributed by atoms with Gasteiger partial charge in [-0.1, -0.05) is 18.7 Å². The summed E-state index contributed by atoms with van der Waals surface area (Å²) in [5.41, 5.74) is 1.01. The highest BCUT2D eigenvalue weighted by molar-refractivity contribution is 7.99. The molecule has 0 radical (unpaired) electrons. The predicted molar refractivity (Wildman–Crippen MR) is 86.2 cm³/mol. The van der Waals surface area contributed by atoms with E-state index in [0.717, 1.165) is 18.8 Å². The van der Waals surface area contributed by atoms with Crippen LogP contribution in [0.2, 0.25) is 0 Å². The SMILES string of the molecule is CCN1CCCC(C(C)Nc2ccc(SC(F)F)cc2)C1. The first-order chi connectivity index (χ1) is 10.1. The number of benzene rings is 1. The van der Waals surface area contributed by atoms with Crippen molar-refractivity contribution >= 4 is 17.4 Å². The molecule has 1 fully saturated rings. The molecule has 118 valence electrons. The van der Waals surface area contributed by atoms with Crippen LogP contribution in [0.3, 0.4) is 0 Å². The highest BCUT2D eigenvalue weighted by atomic mass is 32.2. The lowest BCUT2D eigenvalue weighted by Gasteiger charge is -2.35. The molecule has 1 saturated heterocycles. The number of nitrogens with zero attached hydrogens (tertiary/aromatic N) is 1. The summed E-state index contributed by atoms with van der Waals surface area (Å²) in [6, 6.07) is 7.69. The van der Waals surface area contributed by atoms with Gasteiger partial charge in [-0.2, -0.15) is 8.78 Å². The standard InChI is InChI=1S/C16H24F2N2S/c1-3-20-10-4-5-13(11-20)12(2)19-14-6-8-15(9-7-14)21-16(17)18/h6-9,12-13,16,19H,3-5,10-11H2,1-2H3. The fourth-order valence-electron chi connectivity index (χ4n) is 2.90. The Hall–Kier alpha value is -0.810. The van der Waals surface area contributed by atoms with Crippen molar-refractivity contribution in [3.8, 4) is 0 Å². The van der Waals surface area contributed by atoms with E-state index in [9.17, 15) is 8.78 Å². The minimum absolute atomic E-state index is 0.396. The third-order valence-electron chi connectivity index (χ3n) is 4.17. The molecule has 1 aliphatic rings. The normalized spacial score (nSPS) is 21.5. The molecule has 1 N–H and O–H groups in total. The second-order valence-corrected chi connectivity index (χ2v) is 6.69. The quantitative estimate of drug-likeness (QED) is 0.776. The maximum atomic E-state index is 12.3. The van der Waals surface area contributed by atoms with E-state index < -0.39 is 5.76 Å². The monoisotopic (exact) mass is 314 g/mol. The predicted octanol–water partition coefficient (Wildman–Crippen LogP) is 4.53. The summed E-state index contributed by atoms with van der Waals surface area (Å²) in [5.74, 6) is -1.71. The summed E-state index contributed by atoms with van der Waals surface area (Å²) in [6.07, 6.45) is 2.51. The minimum Gasteiger partial charge on any atom is -0.382 e. The van der Waals surface area contributed by atoms with Crippen molar-refractivity contribution in [1.82, 2.24) is 4.90 Å². The number of alkyl halides is 2. The van der Waals surface area contributed by atoms with Crippen LogP contribution in [0.1, 0.15) is 26.7 Å². The van der Waals surface area contributed by atoms with Gasteiger partial charge in [0.05, 0.1) is 0 Å². The van der Waals surface area contributed by atoms with E-state index in [2.05, 4.69) is 24.1 Å². The first-order valence-electron chi connectivity index (χ1n) is 7.62. The molecule has 5 heteroatoms. The van der Waals surface area contributed by atoms with Gasteiger partial charge in [-0.05, 0) is 63.0 Å². The Morgan fingerprint density at radius 2 is 2.05 bits per heavy atom. The van der Waals surface area contributed by atoms with Gasteiger partial charge in [0.2, 0.25) is 0 Å². The number of anilines is 1. The van der Waals surface area contributed by atoms with Crippen LogP contribution >= 0.6 is 11.8 Å². The minimum atomic E-state index is -2.36. The second-order valence-electron chi connectivity index (χ2n) is 5.63. The Balaban J connectivity index is 1.88. The van der Waals surface area contributed by atoms with Crippen molar-refractivity contribution < 1.29 is 8.78 Å². The molecule has 2 rings (SSSR count). The average molecular weight is 314 g/mol. The highest BCUT2D eigenvalue weighted by Crippen LogP contribution is 2.27. The van der Waals surface area contributed by atoms with Crippen molar-refractivity contribution in [1.29, 1.82) is 0 Å². The van der Waals surface area contributed by atoms with E-state index in [1.807, 2.05) is 12.1 Å². The molecular weight excluding hydrogens is 290 g/mol. The summed E-state index contributed by atoms with van der Waals surface area (Å²) in [4.78, 5) is 3.10. The molecule has 1 aromatic carbocycles. The number of rotatable bonds is 6. The molecule has 0 aliphatic carbocycles. The van der Waals surface area contributed by atoms with Crippen LogP contribution < -0.4 is 5.32 Å². The Bertz CT molecular complexity index is 425. The lowest BCUT2D eigenvalue weighted by molar-refractivity contribution is 0.172. The molecule has 2 unspecified atom stereocenters. The third-order valence-corrected chi connectivity index (χ3v) is 4.89. The maximum Gasteiger partial charge on any atom is 0.288 e. The Morgan fingerprint density at radius 3 is 2.67 bits per heavy atom. The van der Waals surface area contributed by atoms with Gasteiger partial charge in [0.25, 0.3) is 5.76 Å². The number of nitrogens with one attached hydrogen (secondary N) is 1. The lowest BCUT2D eigenvalue weighted by atomic mass is 9.91. The van der Waals surface area contributed by atoms with Crippen molar-refractivity contribution in [3.63, 3.8) is 0 Å². The molecule has 0 amide bonds. The number of halogens is 2. The smallest absolute Gasteiger partial charge is 0.288 e. The van der Waals surface area contributed by atoms with Crippen LogP contribution in [0.25, 0.3) is 0 Å². The largest absolute Gasteiger partial charge is 0.382 e. The number of hydrogen-bond acceptors (Lipinski definition) is 3. The fraction of sp³-hybridized carbons (Fsp3) is 0.625. The van der Waals surface area contributed by atoms with Gasteiger partial charge in [-0.15, -0.1) is 0 Å². The molecular formula is C16H24F2N2S. The van der Waals surface area contributed by atoms with Gasteiger partial charge in [-0.25, -0.2) is 0 Å². The molecule has 1 aliphatic heterocycles. The molecule has 0 aromatic heterocycles. The lowest BCUT2D eigenvalue weighted by Crippen LogP contribution is -2.41. The van der Waals surface area contributed by atoms with E-state index >= 15 is 0 Å². The Labute approximate surface area is 130 Å². The van der Waals surface area contributed by atoms with Gasteiger partial charge in [0, 0.05) is 23.2 Å². The molecule has 0 saturated carbocycles. The molecule has 1 aromatic rings. The zero-order chi connectivity index (χ0) is 15.2. The summed E-state index contributed by atoms with van der Waals surface area (Å²) in [6.45, 7) is 7.89. The van der Waals surface area contributed by atoms with E-state index in [1.165, 1.54) is 19.4 Å². The summed E-state index contributed by atoms with van der Waals surface area (Å²) in [7, 11) is 0. The van der Waals surface area contributed by atoms with Crippen LogP contribution in [0.15, 0.2) is 29.2 Å². The van der Waals surface area contributed by atoms with Crippen molar-refractivity contribution in [2.45, 2.75) is 43.4 Å². The van der Waals surface area contributed by atoms with Crippen molar-refractivity contribution in [2.75, 3.05) is 25.0 Å². The second kappa shape index (κ2) is 7.99. The fourth-order valence-corrected chi connectivity index (χ4v) is 3.40. The summed E-state index contributed by atoms with van der Waals surface area (Å²) < 4.78 is 24.6. The maximum absolute atomic E-state index is 12.3. The zero-order valence-electron chi connectivity index (χ0n) is 12.7. The van der Waals surface area contributed by atoms with E-state index in [0.29, 0.717) is 28.6 Å². The van der Waals surface area contributed by atoms with E-state index in [-0.39, 0.29) is 0 Å². The van der Waals surface area contributed by atoms with Crippen molar-refractivity contribution in [2.24, 2.45) is 5.92 Å². The van der Waals surface area contributed by atoms with E-state index in [1.54, 1.807) is 12.1 Å². The molecule has 0 spiro atoms. The Kier molecular flexibility index (Phi) is 6.30. The highest BCUT2D eigenvalue weighted by Gasteiger charge is 2.23. The van der Waals surface area contributed by atoms with Gasteiger partial charge in [-0.3, -0.25) is 0 Å². The number of piperidine rings is 1. The first-order valence-corrected chi connectivity index (χ1v) is 8.50. The van der Waals surface area contributed by atoms with Crippen LogP contribution in [0, 0.1) is 5.92 Å². The first kappa shape index (κ1) is 16.6. The van der Waals surface area contributed by atoms with Gasteiger partial charge < -0.3 is 10.2 Å². The third kappa shape index (κ3) is 5.15. The molecule has 0 bridgehead atoms. The van der Waals surface area contributed by atoms with Crippen LogP contribution in [0.4, 0.5) is 14.5 Å². The number of hydrogen-bond donors (Lipinski definition) is 1. The average Bonchev–Trinajstić information content (AvgIpc) is 2.49. The topological polar surface area (TPSA) is 15.3 Å². The number of thioether (sulfide) groups is 1. The van der Waals surface area contributed by atoms with Gasteiger partial charge in [0.15, 0.2) is 0 Å². The molecule has 21 heavy (non-hydrogen) atoms. The summed E-state index contributed by atoms with van der Waals surface area (Å²) >= 11 is 0.590. The van der Waals surface area contributed by atoms with Crippen LogP contribution in [0.5, 0.6) is 0 Å². The van der Waals surface area contributed by atoms with E-state index in [4.69, 9.17) is 0 Å². The molecule has 2 nitrogen and oxygen atoms in total. The molecule has 1 heterocycles. The van der Waals surface area contributed by atoms with Crippen molar-refractivity contribution in [3.05, 3.63) is 24.3 Å². The van der Waals surface area contributed by atoms with Gasteiger partial charge >= 0.3 is 0 Å². The zero-order valence-corrected chi connectivity index (χ0v) is 13.5. The van der Waals surface area contributed by atoms with Gasteiger partial charge in [0.1, 0.15) is 0 Å². The molecule has 2 atom stereocenters. The Morgan fingerprint density at radius 1 is 1.33 bits per heavy atom.